The minimum atomic E-state index is -3.67. The summed E-state index contributed by atoms with van der Waals surface area (Å²) in [6, 6.07) is 8.87. The van der Waals surface area contributed by atoms with Gasteiger partial charge in [-0.1, -0.05) is 18.2 Å². The second-order valence-corrected chi connectivity index (χ2v) is 11.3. The molecule has 2 aromatic carbocycles. The number of piperidine rings is 1. The molecular formula is C27H31NO6S. The number of carbonyl (C=O) groups is 1. The first-order chi connectivity index (χ1) is 16.5. The Hall–Kier alpha value is -2.97. The Balaban J connectivity index is 1.44. The average molecular weight is 498 g/mol. The number of hydrogen-bond acceptors (Lipinski definition) is 6. The lowest BCUT2D eigenvalue weighted by Gasteiger charge is -2.31. The summed E-state index contributed by atoms with van der Waals surface area (Å²) in [6.07, 6.45) is 0.773. The van der Waals surface area contributed by atoms with Gasteiger partial charge < -0.3 is 9.15 Å². The van der Waals surface area contributed by atoms with E-state index in [1.165, 1.54) is 10.4 Å². The molecule has 0 atom stereocenters. The predicted octanol–water partition coefficient (Wildman–Crippen LogP) is 4.48. The van der Waals surface area contributed by atoms with Gasteiger partial charge in [-0.3, -0.25) is 4.79 Å². The Kier molecular flexibility index (Phi) is 6.88. The molecule has 1 aliphatic heterocycles. The lowest BCUT2D eigenvalue weighted by atomic mass is 9.98. The summed E-state index contributed by atoms with van der Waals surface area (Å²) in [5.74, 6) is -0.772. The first-order valence-electron chi connectivity index (χ1n) is 11.8. The number of sulfonamides is 1. The number of ether oxygens (including phenoxy) is 1. The third-order valence-electron chi connectivity index (χ3n) is 7.04. The van der Waals surface area contributed by atoms with Crippen LogP contribution in [0.2, 0.25) is 0 Å². The normalized spacial score (nSPS) is 15.5. The molecule has 0 spiro atoms. The van der Waals surface area contributed by atoms with Gasteiger partial charge in [-0.15, -0.1) is 0 Å². The smallest absolute Gasteiger partial charge is 0.336 e. The maximum Gasteiger partial charge on any atom is 0.336 e. The standard InChI is InChI=1S/C27H31NO6S/c1-16-6-7-23-22(14-25(29)34-24(23)12-16)15-33-27(30)21-8-10-28(11-9-21)35(31,32)26-19(4)17(2)13-18(3)20(26)5/h6-7,12-14,21H,8-11,15H2,1-5H3. The largest absolute Gasteiger partial charge is 0.461 e. The van der Waals surface area contributed by atoms with Crippen LogP contribution in [-0.4, -0.2) is 31.8 Å². The Labute approximate surface area is 205 Å². The van der Waals surface area contributed by atoms with Gasteiger partial charge in [0.25, 0.3) is 0 Å². The summed E-state index contributed by atoms with van der Waals surface area (Å²) in [6.45, 7) is 9.90. The van der Waals surface area contributed by atoms with Crippen LogP contribution in [0.1, 0.15) is 46.2 Å². The molecule has 0 unspecified atom stereocenters. The maximum atomic E-state index is 13.5. The number of nitrogens with zero attached hydrogens (tertiary/aromatic N) is 1. The molecule has 0 aliphatic carbocycles. The minimum absolute atomic E-state index is 0.0382. The molecule has 0 amide bonds. The second kappa shape index (κ2) is 9.59. The number of esters is 1. The molecule has 0 bridgehead atoms. The van der Waals surface area contributed by atoms with Gasteiger partial charge in [0.2, 0.25) is 10.0 Å². The van der Waals surface area contributed by atoms with Gasteiger partial charge in [0.05, 0.1) is 10.8 Å². The first-order valence-corrected chi connectivity index (χ1v) is 13.2. The van der Waals surface area contributed by atoms with Gasteiger partial charge in [0.1, 0.15) is 12.2 Å². The molecule has 186 valence electrons. The number of benzene rings is 2. The van der Waals surface area contributed by atoms with E-state index in [9.17, 15) is 18.0 Å². The molecule has 1 saturated heterocycles. The van der Waals surface area contributed by atoms with E-state index in [1.807, 2.05) is 52.8 Å². The SMILES string of the molecule is Cc1ccc2c(COC(=O)C3CCN(S(=O)(=O)c4c(C)c(C)cc(C)c4C)CC3)cc(=O)oc2c1. The zero-order valence-electron chi connectivity index (χ0n) is 20.8. The van der Waals surface area contributed by atoms with Crippen LogP contribution >= 0.6 is 0 Å². The van der Waals surface area contributed by atoms with Crippen LogP contribution in [0.5, 0.6) is 0 Å². The quantitative estimate of drug-likeness (QED) is 0.381. The number of carbonyl (C=O) groups excluding carboxylic acids is 1. The van der Waals surface area contributed by atoms with E-state index in [0.717, 1.165) is 33.2 Å². The lowest BCUT2D eigenvalue weighted by molar-refractivity contribution is -0.151. The van der Waals surface area contributed by atoms with Crippen LogP contribution in [0.4, 0.5) is 0 Å². The minimum Gasteiger partial charge on any atom is -0.461 e. The van der Waals surface area contributed by atoms with Gasteiger partial charge in [-0.25, -0.2) is 13.2 Å². The number of aryl methyl sites for hydroxylation is 3. The van der Waals surface area contributed by atoms with E-state index in [2.05, 4.69) is 0 Å². The Morgan fingerprint density at radius 1 is 1.00 bits per heavy atom. The molecular weight excluding hydrogens is 466 g/mol. The van der Waals surface area contributed by atoms with Gasteiger partial charge >= 0.3 is 11.6 Å². The maximum absolute atomic E-state index is 13.5. The molecule has 1 fully saturated rings. The van der Waals surface area contributed by atoms with Crippen LogP contribution < -0.4 is 5.63 Å². The van der Waals surface area contributed by atoms with E-state index in [4.69, 9.17) is 9.15 Å². The fourth-order valence-corrected chi connectivity index (χ4v) is 6.80. The molecule has 4 rings (SSSR count). The third kappa shape index (κ3) is 4.90. The summed E-state index contributed by atoms with van der Waals surface area (Å²) >= 11 is 0. The van der Waals surface area contributed by atoms with Crippen molar-refractivity contribution in [1.29, 1.82) is 0 Å². The molecule has 35 heavy (non-hydrogen) atoms. The third-order valence-corrected chi connectivity index (χ3v) is 9.21. The van der Waals surface area contributed by atoms with Gasteiger partial charge in [-0.2, -0.15) is 4.31 Å². The topological polar surface area (TPSA) is 93.9 Å². The molecule has 1 aliphatic rings. The van der Waals surface area contributed by atoms with Crippen LogP contribution in [0.25, 0.3) is 11.0 Å². The van der Waals surface area contributed by atoms with Crippen molar-refractivity contribution in [2.75, 3.05) is 13.1 Å². The molecule has 1 aromatic heterocycles. The number of fused-ring (bicyclic) bond motifs is 1. The zero-order valence-corrected chi connectivity index (χ0v) is 21.6. The zero-order chi connectivity index (χ0) is 25.5. The van der Waals surface area contributed by atoms with Crippen LogP contribution in [0, 0.1) is 40.5 Å². The van der Waals surface area contributed by atoms with Crippen LogP contribution in [0.3, 0.4) is 0 Å². The highest BCUT2D eigenvalue weighted by Crippen LogP contribution is 2.31. The molecule has 0 N–H and O–H groups in total. The molecule has 0 radical (unpaired) electrons. The van der Waals surface area contributed by atoms with E-state index in [0.29, 0.717) is 28.9 Å². The van der Waals surface area contributed by atoms with E-state index >= 15 is 0 Å². The van der Waals surface area contributed by atoms with Crippen molar-refractivity contribution < 1.29 is 22.4 Å². The number of hydrogen-bond donors (Lipinski definition) is 0. The monoisotopic (exact) mass is 497 g/mol. The van der Waals surface area contributed by atoms with Gasteiger partial charge in [0, 0.05) is 30.1 Å². The lowest BCUT2D eigenvalue weighted by Crippen LogP contribution is -2.41. The molecule has 0 saturated carbocycles. The summed E-state index contributed by atoms with van der Waals surface area (Å²) in [5, 5.41) is 0.725. The Morgan fingerprint density at radius 2 is 1.63 bits per heavy atom. The average Bonchev–Trinajstić information content (AvgIpc) is 2.80. The van der Waals surface area contributed by atoms with Crippen molar-refractivity contribution in [1.82, 2.24) is 4.31 Å². The first kappa shape index (κ1) is 25.1. The highest BCUT2D eigenvalue weighted by molar-refractivity contribution is 7.89. The van der Waals surface area contributed by atoms with Crippen LogP contribution in [0.15, 0.2) is 44.4 Å². The fourth-order valence-electron chi connectivity index (χ4n) is 4.75. The fraction of sp³-hybridized carbons (Fsp3) is 0.407. The Bertz CT molecular complexity index is 1440. The molecule has 7 nitrogen and oxygen atoms in total. The summed E-state index contributed by atoms with van der Waals surface area (Å²) in [7, 11) is -3.67. The summed E-state index contributed by atoms with van der Waals surface area (Å²) < 4.78 is 39.2. The predicted molar refractivity (Wildman–Crippen MR) is 134 cm³/mol. The van der Waals surface area contributed by atoms with Crippen molar-refractivity contribution >= 4 is 27.0 Å². The van der Waals surface area contributed by atoms with Crippen molar-refractivity contribution in [3.05, 3.63) is 74.1 Å². The van der Waals surface area contributed by atoms with Gasteiger partial charge in [0.15, 0.2) is 0 Å². The molecule has 3 aromatic rings. The second-order valence-electron chi connectivity index (χ2n) is 9.47. The van der Waals surface area contributed by atoms with Crippen molar-refractivity contribution in [3.8, 4) is 0 Å². The van der Waals surface area contributed by atoms with Gasteiger partial charge in [-0.05, 0) is 81.3 Å². The highest BCUT2D eigenvalue weighted by Gasteiger charge is 2.35. The van der Waals surface area contributed by atoms with E-state index in [1.54, 1.807) is 6.07 Å². The van der Waals surface area contributed by atoms with E-state index < -0.39 is 21.6 Å². The summed E-state index contributed by atoms with van der Waals surface area (Å²) in [4.78, 5) is 25.1. The van der Waals surface area contributed by atoms with Crippen molar-refractivity contribution in [2.45, 2.75) is 59.0 Å². The number of rotatable bonds is 5. The van der Waals surface area contributed by atoms with Crippen molar-refractivity contribution in [2.24, 2.45) is 5.92 Å². The molecule has 8 heteroatoms. The van der Waals surface area contributed by atoms with E-state index in [-0.39, 0.29) is 25.7 Å². The Morgan fingerprint density at radius 3 is 2.26 bits per heavy atom. The van der Waals surface area contributed by atoms with Crippen LogP contribution in [-0.2, 0) is 26.2 Å². The van der Waals surface area contributed by atoms with Crippen molar-refractivity contribution in [3.63, 3.8) is 0 Å². The molecule has 2 heterocycles. The highest BCUT2D eigenvalue weighted by atomic mass is 32.2. The summed E-state index contributed by atoms with van der Waals surface area (Å²) in [5.41, 5.74) is 4.94.